The molecule has 0 aliphatic heterocycles. The maximum atomic E-state index is 10.8. The standard InChI is InChI=1S/C12H14O2/c1-8-4-5-9(2)11(6-8)12(14)7-10(3)13/h4-7,14H,1-3H3/b12-7+. The van der Waals surface area contributed by atoms with Gasteiger partial charge in [-0.15, -0.1) is 0 Å². The van der Waals surface area contributed by atoms with Crippen molar-refractivity contribution in [1.82, 2.24) is 0 Å². The lowest BCUT2D eigenvalue weighted by atomic mass is 10.0. The third-order valence-corrected chi connectivity index (χ3v) is 2.01. The van der Waals surface area contributed by atoms with E-state index in [0.29, 0.717) is 0 Å². The van der Waals surface area contributed by atoms with Crippen molar-refractivity contribution in [2.75, 3.05) is 0 Å². The first-order valence-electron chi connectivity index (χ1n) is 4.49. The van der Waals surface area contributed by atoms with Gasteiger partial charge in [0.1, 0.15) is 5.76 Å². The topological polar surface area (TPSA) is 37.3 Å². The van der Waals surface area contributed by atoms with Crippen LogP contribution in [-0.2, 0) is 4.79 Å². The summed E-state index contributed by atoms with van der Waals surface area (Å²) in [6.07, 6.45) is 1.24. The van der Waals surface area contributed by atoms with Crippen LogP contribution in [-0.4, -0.2) is 10.9 Å². The Morgan fingerprint density at radius 1 is 1.36 bits per heavy atom. The maximum Gasteiger partial charge on any atom is 0.156 e. The average molecular weight is 190 g/mol. The molecular weight excluding hydrogens is 176 g/mol. The Bertz CT molecular complexity index is 389. The van der Waals surface area contributed by atoms with Crippen LogP contribution in [0.5, 0.6) is 0 Å². The molecule has 1 rings (SSSR count). The van der Waals surface area contributed by atoms with Crippen molar-refractivity contribution < 1.29 is 9.90 Å². The minimum Gasteiger partial charge on any atom is -0.507 e. The third kappa shape index (κ3) is 2.46. The van der Waals surface area contributed by atoms with E-state index in [1.54, 1.807) is 0 Å². The normalized spacial score (nSPS) is 11.5. The van der Waals surface area contributed by atoms with Crippen molar-refractivity contribution in [3.63, 3.8) is 0 Å². The summed E-state index contributed by atoms with van der Waals surface area (Å²) in [6.45, 7) is 5.27. The minimum absolute atomic E-state index is 0.0405. The monoisotopic (exact) mass is 190 g/mol. The summed E-state index contributed by atoms with van der Waals surface area (Å²) in [5, 5.41) is 9.64. The van der Waals surface area contributed by atoms with Gasteiger partial charge >= 0.3 is 0 Å². The van der Waals surface area contributed by atoms with Crippen molar-refractivity contribution in [2.24, 2.45) is 0 Å². The smallest absolute Gasteiger partial charge is 0.156 e. The highest BCUT2D eigenvalue weighted by atomic mass is 16.3. The molecule has 1 aromatic rings. The summed E-state index contributed by atoms with van der Waals surface area (Å²) in [7, 11) is 0. The van der Waals surface area contributed by atoms with Crippen LogP contribution in [0.1, 0.15) is 23.6 Å². The van der Waals surface area contributed by atoms with Crippen molar-refractivity contribution in [3.8, 4) is 0 Å². The van der Waals surface area contributed by atoms with E-state index < -0.39 is 0 Å². The number of aliphatic hydroxyl groups excluding tert-OH is 1. The SMILES string of the molecule is CC(=O)/C=C(/O)c1cc(C)ccc1C. The average Bonchev–Trinajstić information content (AvgIpc) is 2.08. The molecule has 0 aliphatic rings. The summed E-state index contributed by atoms with van der Waals surface area (Å²) in [6, 6.07) is 5.76. The summed E-state index contributed by atoms with van der Waals surface area (Å²) < 4.78 is 0. The van der Waals surface area contributed by atoms with E-state index in [-0.39, 0.29) is 11.5 Å². The molecule has 1 aromatic carbocycles. The van der Waals surface area contributed by atoms with Crippen LogP contribution >= 0.6 is 0 Å². The highest BCUT2D eigenvalue weighted by Crippen LogP contribution is 2.17. The van der Waals surface area contributed by atoms with Gasteiger partial charge in [0.05, 0.1) is 0 Å². The van der Waals surface area contributed by atoms with E-state index >= 15 is 0 Å². The second-order valence-corrected chi connectivity index (χ2v) is 3.46. The molecule has 2 nitrogen and oxygen atoms in total. The molecule has 0 heterocycles. The molecule has 0 atom stereocenters. The van der Waals surface area contributed by atoms with Gasteiger partial charge in [-0.05, 0) is 32.4 Å². The lowest BCUT2D eigenvalue weighted by Gasteiger charge is -2.05. The second-order valence-electron chi connectivity index (χ2n) is 3.46. The number of rotatable bonds is 2. The van der Waals surface area contributed by atoms with Gasteiger partial charge in [-0.1, -0.05) is 17.7 Å². The Hall–Kier alpha value is -1.57. The van der Waals surface area contributed by atoms with Gasteiger partial charge in [0.2, 0.25) is 0 Å². The second kappa shape index (κ2) is 4.09. The number of aliphatic hydroxyl groups is 1. The first-order chi connectivity index (χ1) is 6.50. The van der Waals surface area contributed by atoms with Gasteiger partial charge in [-0.2, -0.15) is 0 Å². The quantitative estimate of drug-likeness (QED) is 0.575. The Labute approximate surface area is 83.9 Å². The third-order valence-electron chi connectivity index (χ3n) is 2.01. The number of ketones is 1. The van der Waals surface area contributed by atoms with Crippen LogP contribution in [0.2, 0.25) is 0 Å². The zero-order chi connectivity index (χ0) is 10.7. The maximum absolute atomic E-state index is 10.8. The van der Waals surface area contributed by atoms with Crippen molar-refractivity contribution >= 4 is 11.5 Å². The van der Waals surface area contributed by atoms with Crippen molar-refractivity contribution in [1.29, 1.82) is 0 Å². The molecule has 0 saturated carbocycles. The molecule has 0 aromatic heterocycles. The Kier molecular flexibility index (Phi) is 3.07. The molecule has 1 N–H and O–H groups in total. The van der Waals surface area contributed by atoms with Gasteiger partial charge in [-0.3, -0.25) is 4.79 Å². The number of aryl methyl sites for hydroxylation is 2. The van der Waals surface area contributed by atoms with Crippen molar-refractivity contribution in [2.45, 2.75) is 20.8 Å². The Morgan fingerprint density at radius 3 is 2.57 bits per heavy atom. The van der Waals surface area contributed by atoms with E-state index in [4.69, 9.17) is 0 Å². The Morgan fingerprint density at radius 2 is 2.00 bits per heavy atom. The summed E-state index contributed by atoms with van der Waals surface area (Å²) in [4.78, 5) is 10.8. The molecule has 0 fully saturated rings. The van der Waals surface area contributed by atoms with Crippen LogP contribution in [0.25, 0.3) is 5.76 Å². The van der Waals surface area contributed by atoms with Crippen molar-refractivity contribution in [3.05, 3.63) is 41.0 Å². The molecule has 0 amide bonds. The van der Waals surface area contributed by atoms with Gasteiger partial charge in [0.15, 0.2) is 5.78 Å². The fourth-order valence-corrected chi connectivity index (χ4v) is 1.28. The first kappa shape index (κ1) is 10.5. The molecule has 14 heavy (non-hydrogen) atoms. The van der Waals surface area contributed by atoms with Crippen LogP contribution in [0.3, 0.4) is 0 Å². The molecule has 2 heteroatoms. The molecule has 0 aliphatic carbocycles. The predicted octanol–water partition coefficient (Wildman–Crippen LogP) is 2.79. The molecule has 0 spiro atoms. The lowest BCUT2D eigenvalue weighted by Crippen LogP contribution is -1.92. The first-order valence-corrected chi connectivity index (χ1v) is 4.49. The van der Waals surface area contributed by atoms with Crippen LogP contribution in [0.4, 0.5) is 0 Å². The molecule has 0 saturated heterocycles. The highest BCUT2D eigenvalue weighted by Gasteiger charge is 2.04. The number of benzene rings is 1. The van der Waals surface area contributed by atoms with Crippen LogP contribution in [0.15, 0.2) is 24.3 Å². The van der Waals surface area contributed by atoms with Gasteiger partial charge in [0, 0.05) is 11.6 Å². The number of hydrogen-bond donors (Lipinski definition) is 1. The van der Waals surface area contributed by atoms with E-state index in [2.05, 4.69) is 0 Å². The summed E-state index contributed by atoms with van der Waals surface area (Å²) in [5.74, 6) is -0.109. The predicted molar refractivity (Wildman–Crippen MR) is 57.2 cm³/mol. The van der Waals surface area contributed by atoms with Gasteiger partial charge < -0.3 is 5.11 Å². The highest BCUT2D eigenvalue weighted by molar-refractivity contribution is 5.93. The van der Waals surface area contributed by atoms with Gasteiger partial charge in [0.25, 0.3) is 0 Å². The van der Waals surface area contributed by atoms with E-state index in [1.165, 1.54) is 13.0 Å². The largest absolute Gasteiger partial charge is 0.507 e. The van der Waals surface area contributed by atoms with E-state index in [1.807, 2.05) is 32.0 Å². The fraction of sp³-hybridized carbons (Fsp3) is 0.250. The van der Waals surface area contributed by atoms with Crippen LogP contribution < -0.4 is 0 Å². The molecular formula is C12H14O2. The zero-order valence-corrected chi connectivity index (χ0v) is 8.66. The number of hydrogen-bond acceptors (Lipinski definition) is 2. The zero-order valence-electron chi connectivity index (χ0n) is 8.66. The fourth-order valence-electron chi connectivity index (χ4n) is 1.28. The summed E-state index contributed by atoms with van der Waals surface area (Å²) >= 11 is 0. The van der Waals surface area contributed by atoms with Gasteiger partial charge in [-0.25, -0.2) is 0 Å². The van der Waals surface area contributed by atoms with Crippen LogP contribution in [0, 0.1) is 13.8 Å². The molecule has 0 radical (unpaired) electrons. The van der Waals surface area contributed by atoms with E-state index in [0.717, 1.165) is 16.7 Å². The minimum atomic E-state index is -0.150. The molecule has 74 valence electrons. The lowest BCUT2D eigenvalue weighted by molar-refractivity contribution is -0.112. The number of carbonyl (C=O) groups is 1. The Balaban J connectivity index is 3.18. The number of carbonyl (C=O) groups excluding carboxylic acids is 1. The molecule has 0 bridgehead atoms. The number of allylic oxidation sites excluding steroid dienone is 1. The van der Waals surface area contributed by atoms with E-state index in [9.17, 15) is 9.90 Å². The summed E-state index contributed by atoms with van der Waals surface area (Å²) in [5.41, 5.74) is 2.75. The molecule has 0 unspecified atom stereocenters.